The highest BCUT2D eigenvalue weighted by atomic mass is 32.1. The number of thiazole rings is 1. The van der Waals surface area contributed by atoms with Crippen molar-refractivity contribution in [2.45, 2.75) is 0 Å². The smallest absolute Gasteiger partial charge is 0.291 e. The molecule has 0 fully saturated rings. The first-order valence-electron chi connectivity index (χ1n) is 7.98. The van der Waals surface area contributed by atoms with Gasteiger partial charge >= 0.3 is 0 Å². The fraction of sp³-hybridized carbons (Fsp3) is 0.105. The zero-order valence-electron chi connectivity index (χ0n) is 14.5. The predicted molar refractivity (Wildman–Crippen MR) is 101 cm³/mol. The number of rotatable bonds is 4. The quantitative estimate of drug-likeness (QED) is 0.542. The molecule has 0 atom stereocenters. The SMILES string of the molecule is COc1ccc(-c2nc3sc(=Cc4cccc(F)c4)c(=O)n3n2)cc1OC. The molecule has 0 saturated carbocycles. The van der Waals surface area contributed by atoms with Gasteiger partial charge in [0.15, 0.2) is 17.3 Å². The van der Waals surface area contributed by atoms with Crippen LogP contribution in [0, 0.1) is 5.82 Å². The number of ether oxygens (including phenoxy) is 2. The molecule has 0 spiro atoms. The number of aromatic nitrogens is 3. The monoisotopic (exact) mass is 383 g/mol. The van der Waals surface area contributed by atoms with Crippen LogP contribution in [0.5, 0.6) is 11.5 Å². The molecule has 0 aliphatic carbocycles. The molecule has 6 nitrogen and oxygen atoms in total. The Kier molecular flexibility index (Phi) is 4.33. The molecule has 2 aromatic heterocycles. The third-order valence-electron chi connectivity index (χ3n) is 3.97. The summed E-state index contributed by atoms with van der Waals surface area (Å²) in [6, 6.07) is 11.3. The fourth-order valence-electron chi connectivity index (χ4n) is 2.68. The van der Waals surface area contributed by atoms with Crippen molar-refractivity contribution in [3.8, 4) is 22.9 Å². The van der Waals surface area contributed by atoms with Crippen molar-refractivity contribution >= 4 is 22.4 Å². The molecule has 4 aromatic rings. The molecule has 4 rings (SSSR count). The van der Waals surface area contributed by atoms with Gasteiger partial charge in [-0.1, -0.05) is 23.5 Å². The van der Waals surface area contributed by atoms with Crippen molar-refractivity contribution < 1.29 is 13.9 Å². The molecule has 0 saturated heterocycles. The van der Waals surface area contributed by atoms with E-state index in [0.29, 0.717) is 37.9 Å². The summed E-state index contributed by atoms with van der Waals surface area (Å²) in [6.45, 7) is 0. The molecule has 0 amide bonds. The van der Waals surface area contributed by atoms with Crippen LogP contribution in [0.15, 0.2) is 47.3 Å². The predicted octanol–water partition coefficient (Wildman–Crippen LogP) is 2.52. The number of benzene rings is 2. The lowest BCUT2D eigenvalue weighted by Gasteiger charge is -2.07. The van der Waals surface area contributed by atoms with E-state index in [4.69, 9.17) is 9.47 Å². The molecule has 27 heavy (non-hydrogen) atoms. The second kappa shape index (κ2) is 6.81. The van der Waals surface area contributed by atoms with Gasteiger partial charge in [0.1, 0.15) is 5.82 Å². The van der Waals surface area contributed by atoms with Crippen molar-refractivity contribution in [1.29, 1.82) is 0 Å². The van der Waals surface area contributed by atoms with Crippen LogP contribution in [0.3, 0.4) is 0 Å². The molecule has 136 valence electrons. The molecule has 2 heterocycles. The molecule has 0 N–H and O–H groups in total. The third kappa shape index (κ3) is 3.15. The van der Waals surface area contributed by atoms with Gasteiger partial charge in [0, 0.05) is 5.56 Å². The Morgan fingerprint density at radius 3 is 2.63 bits per heavy atom. The molecule has 0 aliphatic rings. The van der Waals surface area contributed by atoms with Crippen LogP contribution >= 0.6 is 11.3 Å². The highest BCUT2D eigenvalue weighted by Gasteiger charge is 2.14. The maximum atomic E-state index is 13.3. The van der Waals surface area contributed by atoms with Crippen molar-refractivity contribution in [1.82, 2.24) is 14.6 Å². The lowest BCUT2D eigenvalue weighted by molar-refractivity contribution is 0.355. The summed E-state index contributed by atoms with van der Waals surface area (Å²) in [7, 11) is 3.10. The first-order valence-corrected chi connectivity index (χ1v) is 8.80. The van der Waals surface area contributed by atoms with E-state index in [-0.39, 0.29) is 11.4 Å². The second-order valence-electron chi connectivity index (χ2n) is 5.67. The number of nitrogens with zero attached hydrogens (tertiary/aromatic N) is 3. The number of hydrogen-bond donors (Lipinski definition) is 0. The summed E-state index contributed by atoms with van der Waals surface area (Å²) in [4.78, 5) is 17.5. The first kappa shape index (κ1) is 17.2. The van der Waals surface area contributed by atoms with Gasteiger partial charge in [-0.2, -0.15) is 9.50 Å². The average Bonchev–Trinajstić information content (AvgIpc) is 3.21. The lowest BCUT2D eigenvalue weighted by atomic mass is 10.2. The Hall–Kier alpha value is -3.26. The van der Waals surface area contributed by atoms with E-state index < -0.39 is 0 Å². The third-order valence-corrected chi connectivity index (χ3v) is 4.93. The Labute approximate surface area is 157 Å². The van der Waals surface area contributed by atoms with Crippen molar-refractivity contribution in [3.05, 3.63) is 68.7 Å². The number of methoxy groups -OCH3 is 2. The minimum atomic E-state index is -0.355. The van der Waals surface area contributed by atoms with Gasteiger partial charge in [-0.05, 0) is 42.0 Å². The van der Waals surface area contributed by atoms with Crippen molar-refractivity contribution in [2.75, 3.05) is 14.2 Å². The van der Waals surface area contributed by atoms with Crippen LogP contribution in [0.2, 0.25) is 0 Å². The maximum absolute atomic E-state index is 13.3. The fourth-order valence-corrected chi connectivity index (χ4v) is 3.59. The molecule has 8 heteroatoms. The molecule has 0 aliphatic heterocycles. The molecule has 0 unspecified atom stereocenters. The van der Waals surface area contributed by atoms with Gasteiger partial charge in [-0.15, -0.1) is 5.10 Å². The molecule has 0 bridgehead atoms. The molecule has 0 radical (unpaired) electrons. The van der Waals surface area contributed by atoms with E-state index in [1.54, 1.807) is 50.6 Å². The number of hydrogen-bond acceptors (Lipinski definition) is 6. The summed E-state index contributed by atoms with van der Waals surface area (Å²) < 4.78 is 25.5. The Balaban J connectivity index is 1.78. The normalized spacial score (nSPS) is 11.9. The highest BCUT2D eigenvalue weighted by molar-refractivity contribution is 7.15. The number of halogens is 1. The number of fused-ring (bicyclic) bond motifs is 1. The first-order chi connectivity index (χ1) is 13.1. The van der Waals surface area contributed by atoms with Gasteiger partial charge in [0.25, 0.3) is 5.56 Å². The average molecular weight is 383 g/mol. The van der Waals surface area contributed by atoms with Gasteiger partial charge in [-0.25, -0.2) is 4.39 Å². The van der Waals surface area contributed by atoms with E-state index in [2.05, 4.69) is 10.1 Å². The highest BCUT2D eigenvalue weighted by Crippen LogP contribution is 2.31. The topological polar surface area (TPSA) is 65.7 Å². The van der Waals surface area contributed by atoms with E-state index in [1.165, 1.54) is 28.0 Å². The van der Waals surface area contributed by atoms with Crippen LogP contribution in [-0.2, 0) is 0 Å². The van der Waals surface area contributed by atoms with Gasteiger partial charge < -0.3 is 9.47 Å². The largest absolute Gasteiger partial charge is 0.493 e. The molecule has 2 aromatic carbocycles. The van der Waals surface area contributed by atoms with E-state index in [9.17, 15) is 9.18 Å². The standard InChI is InChI=1S/C19H14FN3O3S/c1-25-14-7-6-12(10-15(14)26-2)17-21-19-23(22-17)18(24)16(27-19)9-11-4-3-5-13(20)8-11/h3-10H,1-2H3. The maximum Gasteiger partial charge on any atom is 0.291 e. The van der Waals surface area contributed by atoms with Crippen LogP contribution in [0.25, 0.3) is 22.4 Å². The molecular weight excluding hydrogens is 369 g/mol. The zero-order chi connectivity index (χ0) is 19.0. The van der Waals surface area contributed by atoms with Gasteiger partial charge in [-0.3, -0.25) is 4.79 Å². The Morgan fingerprint density at radius 2 is 1.93 bits per heavy atom. The van der Waals surface area contributed by atoms with Crippen LogP contribution < -0.4 is 19.6 Å². The molecular formula is C19H14FN3O3S. The van der Waals surface area contributed by atoms with E-state index in [0.717, 1.165) is 0 Å². The minimum Gasteiger partial charge on any atom is -0.493 e. The van der Waals surface area contributed by atoms with E-state index in [1.807, 2.05) is 0 Å². The zero-order valence-corrected chi connectivity index (χ0v) is 15.3. The van der Waals surface area contributed by atoms with Crippen LogP contribution in [0.4, 0.5) is 4.39 Å². The van der Waals surface area contributed by atoms with Crippen molar-refractivity contribution in [2.24, 2.45) is 0 Å². The van der Waals surface area contributed by atoms with Gasteiger partial charge in [0.05, 0.1) is 18.8 Å². The van der Waals surface area contributed by atoms with Gasteiger partial charge in [0.2, 0.25) is 4.96 Å². The van der Waals surface area contributed by atoms with Crippen LogP contribution in [0.1, 0.15) is 5.56 Å². The second-order valence-corrected chi connectivity index (χ2v) is 6.68. The Bertz CT molecular complexity index is 1250. The summed E-state index contributed by atoms with van der Waals surface area (Å²) in [6.07, 6.45) is 1.63. The summed E-state index contributed by atoms with van der Waals surface area (Å²) in [5.74, 6) is 1.21. The summed E-state index contributed by atoms with van der Waals surface area (Å²) in [5.41, 5.74) is 1.02. The minimum absolute atomic E-state index is 0.293. The Morgan fingerprint density at radius 1 is 1.11 bits per heavy atom. The summed E-state index contributed by atoms with van der Waals surface area (Å²) >= 11 is 1.20. The van der Waals surface area contributed by atoms with Crippen LogP contribution in [-0.4, -0.2) is 28.8 Å². The summed E-state index contributed by atoms with van der Waals surface area (Å²) in [5, 5.41) is 4.31. The van der Waals surface area contributed by atoms with E-state index >= 15 is 0 Å². The lowest BCUT2D eigenvalue weighted by Crippen LogP contribution is -2.23. The van der Waals surface area contributed by atoms with Crippen molar-refractivity contribution in [3.63, 3.8) is 0 Å².